The molecule has 1 aliphatic rings. The van der Waals surface area contributed by atoms with E-state index in [4.69, 9.17) is 14.4 Å². The first kappa shape index (κ1) is 31.6. The summed E-state index contributed by atoms with van der Waals surface area (Å²) in [4.78, 5) is 10.6. The van der Waals surface area contributed by atoms with Crippen LogP contribution in [0.5, 0.6) is 0 Å². The van der Waals surface area contributed by atoms with Gasteiger partial charge in [-0.1, -0.05) is 146 Å². The fourth-order valence-electron chi connectivity index (χ4n) is 8.88. The number of nitrogens with zero attached hydrogens (tertiary/aromatic N) is 4. The Kier molecular flexibility index (Phi) is 6.89. The second kappa shape index (κ2) is 12.4. The number of aliphatic imine (C=N–C) groups is 2. The van der Waals surface area contributed by atoms with Crippen molar-refractivity contribution in [1.29, 1.82) is 0 Å². The minimum atomic E-state index is -0.330. The van der Waals surface area contributed by atoms with Crippen LogP contribution in [0, 0.1) is 0 Å². The molecule has 0 aliphatic carbocycles. The van der Waals surface area contributed by atoms with Crippen molar-refractivity contribution in [3.8, 4) is 11.4 Å². The third-order valence-electron chi connectivity index (χ3n) is 11.4. The van der Waals surface area contributed by atoms with Crippen molar-refractivity contribution >= 4 is 77.2 Å². The molecule has 0 saturated heterocycles. The molecule has 0 amide bonds. The molecule has 0 saturated carbocycles. The molecule has 57 heavy (non-hydrogen) atoms. The molecule has 1 aliphatic heterocycles. The largest absolute Gasteiger partial charge is 0.454 e. The van der Waals surface area contributed by atoms with Crippen LogP contribution in [0.1, 0.15) is 22.9 Å². The zero-order valence-corrected chi connectivity index (χ0v) is 30.7. The van der Waals surface area contributed by atoms with Crippen molar-refractivity contribution in [1.82, 2.24) is 14.5 Å². The van der Waals surface area contributed by atoms with E-state index in [1.54, 1.807) is 0 Å². The maximum Gasteiger partial charge on any atom is 0.160 e. The third-order valence-corrected chi connectivity index (χ3v) is 11.4. The van der Waals surface area contributed by atoms with Crippen molar-refractivity contribution in [2.45, 2.75) is 6.17 Å². The van der Waals surface area contributed by atoms with Gasteiger partial charge in [0.15, 0.2) is 11.4 Å². The van der Waals surface area contributed by atoms with Gasteiger partial charge in [-0.05, 0) is 48.0 Å². The van der Waals surface area contributed by atoms with E-state index in [9.17, 15) is 0 Å². The number of rotatable bonds is 5. The molecule has 12 rings (SSSR count). The zero-order chi connectivity index (χ0) is 37.5. The van der Waals surface area contributed by atoms with E-state index in [1.807, 2.05) is 30.3 Å². The van der Waals surface area contributed by atoms with Crippen LogP contribution in [0.4, 0.5) is 0 Å². The summed E-state index contributed by atoms with van der Waals surface area (Å²) in [5.41, 5.74) is 11.1. The van der Waals surface area contributed by atoms with E-state index in [0.717, 1.165) is 77.9 Å². The van der Waals surface area contributed by atoms with Crippen LogP contribution in [0.25, 0.3) is 76.9 Å². The lowest BCUT2D eigenvalue weighted by atomic mass is 10.0. The van der Waals surface area contributed by atoms with Crippen molar-refractivity contribution in [3.63, 3.8) is 0 Å². The molecule has 0 bridgehead atoms. The number of hydrogen-bond donors (Lipinski definition) is 1. The summed E-state index contributed by atoms with van der Waals surface area (Å²) in [7, 11) is 0. The third kappa shape index (κ3) is 4.84. The van der Waals surface area contributed by atoms with Crippen LogP contribution in [0.2, 0.25) is 0 Å². The Labute approximate surface area is 327 Å². The maximum atomic E-state index is 7.06. The lowest BCUT2D eigenvalue weighted by molar-refractivity contribution is 0.666. The number of nitrogens with one attached hydrogen (secondary N) is 1. The molecule has 268 valence electrons. The number of furan rings is 1. The topological polar surface area (TPSA) is 59.8 Å². The van der Waals surface area contributed by atoms with Gasteiger partial charge < -0.3 is 18.9 Å². The molecule has 11 aromatic rings. The highest BCUT2D eigenvalue weighted by Crippen LogP contribution is 2.42. The molecule has 0 spiro atoms. The summed E-state index contributed by atoms with van der Waals surface area (Å²) in [5.74, 6) is 1.42. The normalized spacial score (nSPS) is 14.5. The first-order chi connectivity index (χ1) is 28.3. The monoisotopic (exact) mass is 731 g/mol. The Morgan fingerprint density at radius 2 is 1.04 bits per heavy atom. The van der Waals surface area contributed by atoms with Crippen LogP contribution < -0.4 is 5.32 Å². The molecule has 0 radical (unpaired) electrons. The van der Waals surface area contributed by atoms with Gasteiger partial charge in [0.2, 0.25) is 0 Å². The van der Waals surface area contributed by atoms with E-state index in [2.05, 4.69) is 172 Å². The summed E-state index contributed by atoms with van der Waals surface area (Å²) in [6.07, 6.45) is -0.330. The van der Waals surface area contributed by atoms with Gasteiger partial charge in [-0.15, -0.1) is 0 Å². The predicted molar refractivity (Wildman–Crippen MR) is 234 cm³/mol. The van der Waals surface area contributed by atoms with E-state index < -0.39 is 0 Å². The number of para-hydroxylation sites is 4. The standard InChI is InChI=1S/C51H33N5O/c1-3-16-32(17-4-1)49-52-50(33-18-5-2-6-19-33)54-51(53-49)39-24-15-29-46-47(39)40-30-34(55-41-25-11-7-20-35(41)36-21-8-12-26-42(36)55)31-45(48(40)57-46)56-43-27-13-9-22-37(43)38-23-10-14-28-44(38)56/h1-31,49H,(H,52,53,54). The first-order valence-electron chi connectivity index (χ1n) is 19.3. The second-order valence-electron chi connectivity index (χ2n) is 14.6. The molecule has 1 atom stereocenters. The Bertz CT molecular complexity index is 3330. The zero-order valence-electron chi connectivity index (χ0n) is 30.7. The predicted octanol–water partition coefficient (Wildman–Crippen LogP) is 12.3. The lowest BCUT2D eigenvalue weighted by Gasteiger charge is -2.23. The minimum Gasteiger partial charge on any atom is -0.454 e. The molecular formula is C51H33N5O. The van der Waals surface area contributed by atoms with Gasteiger partial charge in [0.25, 0.3) is 0 Å². The SMILES string of the molecule is c1ccc(C2=NC(c3cccc4oc5c(-n6c7ccccc7c7ccccc76)cc(-n6c7ccccc7c7ccccc76)cc5c34)=NC(c3ccccc3)N2)cc1. The lowest BCUT2D eigenvalue weighted by Crippen LogP contribution is -2.33. The van der Waals surface area contributed by atoms with Gasteiger partial charge in [-0.25, -0.2) is 9.98 Å². The highest BCUT2D eigenvalue weighted by Gasteiger charge is 2.26. The summed E-state index contributed by atoms with van der Waals surface area (Å²) in [6, 6.07) is 66.1. The summed E-state index contributed by atoms with van der Waals surface area (Å²) < 4.78 is 11.8. The average molecular weight is 732 g/mol. The molecule has 8 aromatic carbocycles. The fraction of sp³-hybridized carbons (Fsp3) is 0.0196. The molecule has 6 heteroatoms. The van der Waals surface area contributed by atoms with Crippen LogP contribution in [-0.4, -0.2) is 20.8 Å². The van der Waals surface area contributed by atoms with Crippen molar-refractivity contribution in [3.05, 3.63) is 205 Å². The van der Waals surface area contributed by atoms with Crippen LogP contribution in [0.15, 0.2) is 202 Å². The molecule has 3 aromatic heterocycles. The van der Waals surface area contributed by atoms with Gasteiger partial charge in [-0.2, -0.15) is 0 Å². The Hall–Kier alpha value is -7.70. The van der Waals surface area contributed by atoms with Gasteiger partial charge in [0.1, 0.15) is 17.6 Å². The van der Waals surface area contributed by atoms with Gasteiger partial charge in [0.05, 0.1) is 27.8 Å². The van der Waals surface area contributed by atoms with Gasteiger partial charge in [0, 0.05) is 49.1 Å². The number of hydrogen-bond acceptors (Lipinski definition) is 4. The van der Waals surface area contributed by atoms with Gasteiger partial charge >= 0.3 is 0 Å². The Morgan fingerprint density at radius 1 is 0.491 bits per heavy atom. The van der Waals surface area contributed by atoms with Gasteiger partial charge in [-0.3, -0.25) is 0 Å². The molecular weight excluding hydrogens is 699 g/mol. The maximum absolute atomic E-state index is 7.06. The first-order valence-corrected chi connectivity index (χ1v) is 19.3. The molecule has 4 heterocycles. The molecule has 6 nitrogen and oxygen atoms in total. The minimum absolute atomic E-state index is 0.330. The highest BCUT2D eigenvalue weighted by molar-refractivity contribution is 6.23. The van der Waals surface area contributed by atoms with Crippen LogP contribution in [0.3, 0.4) is 0 Å². The highest BCUT2D eigenvalue weighted by atomic mass is 16.3. The van der Waals surface area contributed by atoms with E-state index >= 15 is 0 Å². The van der Waals surface area contributed by atoms with Crippen molar-refractivity contribution in [2.75, 3.05) is 0 Å². The van der Waals surface area contributed by atoms with Crippen molar-refractivity contribution in [2.24, 2.45) is 9.98 Å². The van der Waals surface area contributed by atoms with Crippen LogP contribution >= 0.6 is 0 Å². The molecule has 0 fully saturated rings. The summed E-state index contributed by atoms with van der Waals surface area (Å²) in [5, 5.41) is 10.4. The summed E-state index contributed by atoms with van der Waals surface area (Å²) in [6.45, 7) is 0. The van der Waals surface area contributed by atoms with E-state index in [1.165, 1.54) is 21.5 Å². The molecule has 1 N–H and O–H groups in total. The number of aromatic nitrogens is 2. The van der Waals surface area contributed by atoms with E-state index in [0.29, 0.717) is 5.84 Å². The summed E-state index contributed by atoms with van der Waals surface area (Å²) >= 11 is 0. The fourth-order valence-corrected chi connectivity index (χ4v) is 8.88. The molecule has 1 unspecified atom stereocenters. The second-order valence-corrected chi connectivity index (χ2v) is 14.6. The average Bonchev–Trinajstić information content (AvgIpc) is 3.95. The number of fused-ring (bicyclic) bond motifs is 9. The quantitative estimate of drug-likeness (QED) is 0.192. The Balaban J connectivity index is 1.20. The number of amidine groups is 2. The van der Waals surface area contributed by atoms with Crippen LogP contribution in [-0.2, 0) is 0 Å². The smallest absolute Gasteiger partial charge is 0.160 e. The Morgan fingerprint density at radius 3 is 1.65 bits per heavy atom. The number of benzene rings is 8. The van der Waals surface area contributed by atoms with E-state index in [-0.39, 0.29) is 6.17 Å². The van der Waals surface area contributed by atoms with Crippen molar-refractivity contribution < 1.29 is 4.42 Å².